The van der Waals surface area contributed by atoms with Crippen LogP contribution in [0.15, 0.2) is 10.9 Å². The van der Waals surface area contributed by atoms with Crippen LogP contribution in [-0.4, -0.2) is 49.4 Å². The van der Waals surface area contributed by atoms with Gasteiger partial charge in [-0.05, 0) is 26.7 Å². The van der Waals surface area contributed by atoms with Gasteiger partial charge in [0.25, 0.3) is 5.56 Å². The molecule has 1 N–H and O–H groups in total. The van der Waals surface area contributed by atoms with Crippen molar-refractivity contribution in [2.75, 3.05) is 13.1 Å². The van der Waals surface area contributed by atoms with Crippen LogP contribution in [0.2, 0.25) is 0 Å². The van der Waals surface area contributed by atoms with Crippen LogP contribution < -0.4 is 5.56 Å². The van der Waals surface area contributed by atoms with Gasteiger partial charge in [0.1, 0.15) is 0 Å². The lowest BCUT2D eigenvalue weighted by atomic mass is 10.1. The van der Waals surface area contributed by atoms with Crippen LogP contribution in [0.4, 0.5) is 0 Å². The zero-order valence-electron chi connectivity index (χ0n) is 15.8. The smallest absolute Gasteiger partial charge is 0.277 e. The maximum atomic E-state index is 13.0. The molecule has 1 saturated heterocycles. The van der Waals surface area contributed by atoms with Crippen molar-refractivity contribution in [1.29, 1.82) is 0 Å². The van der Waals surface area contributed by atoms with E-state index < -0.39 is 0 Å². The van der Waals surface area contributed by atoms with Crippen LogP contribution in [0.1, 0.15) is 63.0 Å². The summed E-state index contributed by atoms with van der Waals surface area (Å²) in [6.07, 6.45) is 3.24. The van der Waals surface area contributed by atoms with Crippen molar-refractivity contribution in [1.82, 2.24) is 24.4 Å². The molecular formula is C19H27N5O2. The second-order valence-electron chi connectivity index (χ2n) is 7.66. The SMILES string of the molecule is CCC(=O)N1CCC[C@H]1c1cc2nc3c(c(=O)n2[nH]1)CN(C(C)C)CC3. The number of hydrogen-bond acceptors (Lipinski definition) is 4. The molecule has 2 aliphatic heterocycles. The number of nitrogens with zero attached hydrogens (tertiary/aromatic N) is 4. The van der Waals surface area contributed by atoms with Crippen molar-refractivity contribution < 1.29 is 4.79 Å². The van der Waals surface area contributed by atoms with E-state index in [1.807, 2.05) is 17.9 Å². The fourth-order valence-electron chi connectivity index (χ4n) is 4.22. The highest BCUT2D eigenvalue weighted by molar-refractivity contribution is 5.76. The first-order valence-corrected chi connectivity index (χ1v) is 9.66. The van der Waals surface area contributed by atoms with Gasteiger partial charge < -0.3 is 4.90 Å². The van der Waals surface area contributed by atoms with E-state index in [0.29, 0.717) is 24.7 Å². The van der Waals surface area contributed by atoms with Crippen LogP contribution >= 0.6 is 0 Å². The van der Waals surface area contributed by atoms with Crippen molar-refractivity contribution in [2.24, 2.45) is 0 Å². The average molecular weight is 357 g/mol. The number of aromatic amines is 1. The number of aromatic nitrogens is 3. The molecule has 0 spiro atoms. The van der Waals surface area contributed by atoms with Crippen LogP contribution in [-0.2, 0) is 17.8 Å². The van der Waals surface area contributed by atoms with Crippen LogP contribution in [0.3, 0.4) is 0 Å². The van der Waals surface area contributed by atoms with Gasteiger partial charge in [-0.3, -0.25) is 19.6 Å². The third kappa shape index (κ3) is 2.74. The lowest BCUT2D eigenvalue weighted by Gasteiger charge is -2.30. The molecule has 7 heteroatoms. The van der Waals surface area contributed by atoms with Gasteiger partial charge in [-0.15, -0.1) is 0 Å². The fraction of sp³-hybridized carbons (Fsp3) is 0.632. The second-order valence-corrected chi connectivity index (χ2v) is 7.66. The van der Waals surface area contributed by atoms with E-state index in [-0.39, 0.29) is 17.5 Å². The summed E-state index contributed by atoms with van der Waals surface area (Å²) < 4.78 is 1.56. The number of H-pyrrole nitrogens is 1. The number of carbonyl (C=O) groups excluding carboxylic acids is 1. The molecule has 1 atom stereocenters. The molecule has 1 fully saturated rings. The Hall–Kier alpha value is -2.15. The Morgan fingerprint density at radius 3 is 2.92 bits per heavy atom. The molecule has 0 radical (unpaired) electrons. The number of likely N-dealkylation sites (tertiary alicyclic amines) is 1. The van der Waals surface area contributed by atoms with Crippen molar-refractivity contribution in [3.8, 4) is 0 Å². The van der Waals surface area contributed by atoms with Crippen molar-refractivity contribution >= 4 is 11.6 Å². The number of carbonyl (C=O) groups is 1. The van der Waals surface area contributed by atoms with Gasteiger partial charge >= 0.3 is 0 Å². The van der Waals surface area contributed by atoms with Crippen molar-refractivity contribution in [3.05, 3.63) is 33.4 Å². The number of rotatable bonds is 3. The zero-order valence-corrected chi connectivity index (χ0v) is 15.8. The Bertz CT molecular complexity index is 897. The van der Waals surface area contributed by atoms with E-state index in [1.54, 1.807) is 4.52 Å². The summed E-state index contributed by atoms with van der Waals surface area (Å²) in [5.74, 6) is 0.165. The first-order valence-electron chi connectivity index (χ1n) is 9.66. The largest absolute Gasteiger partial charge is 0.334 e. The summed E-state index contributed by atoms with van der Waals surface area (Å²) in [6, 6.07) is 2.38. The minimum Gasteiger partial charge on any atom is -0.334 e. The van der Waals surface area contributed by atoms with Gasteiger partial charge in [0, 0.05) is 44.6 Å². The minimum absolute atomic E-state index is 0.00651. The van der Waals surface area contributed by atoms with Crippen LogP contribution in [0.25, 0.3) is 5.65 Å². The fourth-order valence-corrected chi connectivity index (χ4v) is 4.22. The van der Waals surface area contributed by atoms with Crippen LogP contribution in [0, 0.1) is 0 Å². The first-order chi connectivity index (χ1) is 12.5. The summed E-state index contributed by atoms with van der Waals surface area (Å²) >= 11 is 0. The predicted octanol–water partition coefficient (Wildman–Crippen LogP) is 1.86. The summed E-state index contributed by atoms with van der Waals surface area (Å²) in [5, 5.41) is 3.24. The molecule has 1 amide bonds. The molecule has 4 rings (SSSR count). The van der Waals surface area contributed by atoms with E-state index in [9.17, 15) is 9.59 Å². The lowest BCUT2D eigenvalue weighted by molar-refractivity contribution is -0.131. The van der Waals surface area contributed by atoms with Gasteiger partial charge in [0.2, 0.25) is 5.91 Å². The molecule has 0 aromatic carbocycles. The molecule has 0 unspecified atom stereocenters. The number of hydrogen-bond donors (Lipinski definition) is 1. The van der Waals surface area contributed by atoms with E-state index in [2.05, 4.69) is 23.8 Å². The van der Waals surface area contributed by atoms with Crippen LogP contribution in [0.5, 0.6) is 0 Å². The standard InChI is InChI=1S/C19H27N5O2/c1-4-18(25)23-8-5-6-16(23)15-10-17-20-14-7-9-22(12(2)3)11-13(14)19(26)24(17)21-15/h10,12,16,21H,4-9,11H2,1-3H3/t16-/m0/s1. The maximum absolute atomic E-state index is 13.0. The Kier molecular flexibility index (Phi) is 4.34. The minimum atomic E-state index is -0.00651. The van der Waals surface area contributed by atoms with Gasteiger partial charge in [-0.2, -0.15) is 0 Å². The van der Waals surface area contributed by atoms with Gasteiger partial charge in [0.15, 0.2) is 5.65 Å². The highest BCUT2D eigenvalue weighted by Crippen LogP contribution is 2.32. The van der Waals surface area contributed by atoms with Crippen molar-refractivity contribution in [3.63, 3.8) is 0 Å². The van der Waals surface area contributed by atoms with E-state index in [0.717, 1.165) is 49.3 Å². The number of nitrogens with one attached hydrogen (secondary N) is 1. The lowest BCUT2D eigenvalue weighted by Crippen LogP contribution is -2.40. The van der Waals surface area contributed by atoms with Gasteiger partial charge in [-0.25, -0.2) is 9.50 Å². The monoisotopic (exact) mass is 357 g/mol. The molecule has 0 aliphatic carbocycles. The van der Waals surface area contributed by atoms with E-state index in [4.69, 9.17) is 4.98 Å². The van der Waals surface area contributed by atoms with E-state index in [1.165, 1.54) is 0 Å². The summed E-state index contributed by atoms with van der Waals surface area (Å²) in [5.41, 5.74) is 3.29. The molecule has 7 nitrogen and oxygen atoms in total. The quantitative estimate of drug-likeness (QED) is 0.910. The molecular weight excluding hydrogens is 330 g/mol. The highest BCUT2D eigenvalue weighted by Gasteiger charge is 2.31. The normalized spacial score (nSPS) is 20.9. The number of amides is 1. The highest BCUT2D eigenvalue weighted by atomic mass is 16.2. The Morgan fingerprint density at radius 2 is 2.19 bits per heavy atom. The molecule has 2 aromatic heterocycles. The van der Waals surface area contributed by atoms with E-state index >= 15 is 0 Å². The molecule has 2 aliphatic rings. The number of fused-ring (bicyclic) bond motifs is 2. The van der Waals surface area contributed by atoms with Crippen molar-refractivity contribution in [2.45, 2.75) is 65.1 Å². The molecule has 4 heterocycles. The van der Waals surface area contributed by atoms with Gasteiger partial charge in [0.05, 0.1) is 23.0 Å². The maximum Gasteiger partial charge on any atom is 0.277 e. The molecule has 2 aromatic rings. The molecule has 26 heavy (non-hydrogen) atoms. The topological polar surface area (TPSA) is 73.7 Å². The Balaban J connectivity index is 1.74. The summed E-state index contributed by atoms with van der Waals surface area (Å²) in [6.45, 7) is 8.58. The Morgan fingerprint density at radius 1 is 1.38 bits per heavy atom. The van der Waals surface area contributed by atoms with Gasteiger partial charge in [-0.1, -0.05) is 6.92 Å². The summed E-state index contributed by atoms with van der Waals surface area (Å²) in [7, 11) is 0. The Labute approximate surface area is 153 Å². The predicted molar refractivity (Wildman–Crippen MR) is 99.0 cm³/mol. The second kappa shape index (κ2) is 6.54. The molecule has 140 valence electrons. The first kappa shape index (κ1) is 17.3. The third-order valence-corrected chi connectivity index (χ3v) is 5.78. The molecule has 0 bridgehead atoms. The summed E-state index contributed by atoms with van der Waals surface area (Å²) in [4.78, 5) is 34.2. The molecule has 0 saturated carbocycles. The average Bonchev–Trinajstić information content (AvgIpc) is 3.27. The third-order valence-electron chi connectivity index (χ3n) is 5.78. The zero-order chi connectivity index (χ0) is 18.4.